The number of hydrogen-bond donors (Lipinski definition) is 0. The van der Waals surface area contributed by atoms with Crippen LogP contribution in [0.25, 0.3) is 24.0 Å². The van der Waals surface area contributed by atoms with E-state index in [2.05, 4.69) is 30.1 Å². The van der Waals surface area contributed by atoms with Crippen LogP contribution in [-0.4, -0.2) is 46.5 Å². The predicted octanol–water partition coefficient (Wildman–Crippen LogP) is 1.04. The molecule has 0 radical (unpaired) electrons. The van der Waals surface area contributed by atoms with Gasteiger partial charge in [0.2, 0.25) is 5.55 Å². The molecule has 0 unspecified atom stereocenters. The number of fused-ring (bicyclic) bond motifs is 1. The van der Waals surface area contributed by atoms with Crippen molar-refractivity contribution < 1.29 is 4.42 Å². The maximum absolute atomic E-state index is 5.87. The number of oxazole rings is 1. The molecule has 5 rings (SSSR count). The summed E-state index contributed by atoms with van der Waals surface area (Å²) >= 11 is 0. The quantitative estimate of drug-likeness (QED) is 0.489. The van der Waals surface area contributed by atoms with Gasteiger partial charge in [-0.05, 0) is 52.0 Å². The average Bonchev–Trinajstić information content (AvgIpc) is 3.38. The van der Waals surface area contributed by atoms with Crippen molar-refractivity contribution >= 4 is 18.0 Å². The molecule has 0 saturated heterocycles. The van der Waals surface area contributed by atoms with Gasteiger partial charge in [0.05, 0.1) is 11.4 Å². The molecule has 0 fully saturated rings. The second kappa shape index (κ2) is 7.01. The number of aryl methyl sites for hydroxylation is 4. The van der Waals surface area contributed by atoms with Gasteiger partial charge in [-0.1, -0.05) is 0 Å². The highest BCUT2D eigenvalue weighted by Crippen LogP contribution is 2.13. The third-order valence-electron chi connectivity index (χ3n) is 4.82. The van der Waals surface area contributed by atoms with E-state index >= 15 is 0 Å². The lowest BCUT2D eigenvalue weighted by Gasteiger charge is -2.10. The molecule has 0 aliphatic carbocycles. The first-order valence-corrected chi connectivity index (χ1v) is 9.81. The van der Waals surface area contributed by atoms with Crippen LogP contribution in [0.3, 0.4) is 0 Å². The lowest BCUT2D eigenvalue weighted by molar-refractivity contribution is 0.491. The van der Waals surface area contributed by atoms with Crippen molar-refractivity contribution in [3.63, 3.8) is 0 Å². The van der Waals surface area contributed by atoms with Crippen LogP contribution in [0.2, 0.25) is 0 Å². The molecule has 10 nitrogen and oxygen atoms in total. The van der Waals surface area contributed by atoms with Gasteiger partial charge in [0, 0.05) is 30.7 Å². The van der Waals surface area contributed by atoms with E-state index in [-0.39, 0.29) is 0 Å². The summed E-state index contributed by atoms with van der Waals surface area (Å²) in [5.41, 5.74) is 4.68. The molecule has 5 heterocycles. The van der Waals surface area contributed by atoms with E-state index in [1.807, 2.05) is 70.1 Å². The van der Waals surface area contributed by atoms with Gasteiger partial charge in [0.15, 0.2) is 17.1 Å². The lowest BCUT2D eigenvalue weighted by atomic mass is 10.4. The Morgan fingerprint density at radius 1 is 0.839 bits per heavy atom. The first-order chi connectivity index (χ1) is 14.9. The Labute approximate surface area is 177 Å². The summed E-state index contributed by atoms with van der Waals surface area (Å²) < 4.78 is 9.25. The van der Waals surface area contributed by atoms with Crippen molar-refractivity contribution in [2.45, 2.75) is 27.7 Å². The maximum Gasteiger partial charge on any atom is 0.256 e. The van der Waals surface area contributed by atoms with Crippen LogP contribution in [-0.2, 0) is 0 Å². The first kappa shape index (κ1) is 18.9. The highest BCUT2D eigenvalue weighted by molar-refractivity contribution is 5.54. The predicted molar refractivity (Wildman–Crippen MR) is 114 cm³/mol. The standard InChI is InChI=1S/C21H21N9O/c1-12-9-14(3)29(26-12)20-22-17(23-21(25-20)30-15(4)10-13(2)27-30)11-18-24-19-16(31-18)7-6-8-28(19)5/h6-11H,1-5H3/b18-11-. The summed E-state index contributed by atoms with van der Waals surface area (Å²) in [7, 11) is 1.92. The number of anilines is 1. The Balaban J connectivity index is 1.70. The summed E-state index contributed by atoms with van der Waals surface area (Å²) in [6.07, 6.45) is 7.38. The fourth-order valence-electron chi connectivity index (χ4n) is 3.49. The molecule has 0 aromatic carbocycles. The minimum atomic E-state index is 0.398. The number of aromatic nitrogens is 8. The molecule has 31 heavy (non-hydrogen) atoms. The molecule has 4 aromatic rings. The highest BCUT2D eigenvalue weighted by Gasteiger charge is 2.15. The van der Waals surface area contributed by atoms with Crippen molar-refractivity contribution in [1.29, 1.82) is 0 Å². The molecule has 0 saturated carbocycles. The maximum atomic E-state index is 5.87. The second-order valence-corrected chi connectivity index (χ2v) is 7.47. The third-order valence-corrected chi connectivity index (χ3v) is 4.82. The zero-order valence-electron chi connectivity index (χ0n) is 17.9. The van der Waals surface area contributed by atoms with Crippen LogP contribution in [0, 0.1) is 27.7 Å². The van der Waals surface area contributed by atoms with Crippen molar-refractivity contribution in [1.82, 2.24) is 39.5 Å². The van der Waals surface area contributed by atoms with E-state index < -0.39 is 0 Å². The molecule has 156 valence electrons. The summed E-state index contributed by atoms with van der Waals surface area (Å²) in [6, 6.07) is 3.94. The van der Waals surface area contributed by atoms with E-state index in [1.165, 1.54) is 0 Å². The summed E-state index contributed by atoms with van der Waals surface area (Å²) in [5, 5.41) is 9.03. The van der Waals surface area contributed by atoms with Crippen LogP contribution in [0.4, 0.5) is 5.82 Å². The average molecular weight is 415 g/mol. The summed E-state index contributed by atoms with van der Waals surface area (Å²) in [4.78, 5) is 20.3. The van der Waals surface area contributed by atoms with Gasteiger partial charge in [-0.25, -0.2) is 9.36 Å². The molecule has 4 aromatic heterocycles. The zero-order valence-corrected chi connectivity index (χ0v) is 17.9. The van der Waals surface area contributed by atoms with E-state index in [0.29, 0.717) is 28.7 Å². The van der Waals surface area contributed by atoms with Gasteiger partial charge in [-0.15, -0.1) is 0 Å². The van der Waals surface area contributed by atoms with Gasteiger partial charge in [-0.3, -0.25) is 0 Å². The van der Waals surface area contributed by atoms with E-state index in [4.69, 9.17) is 4.42 Å². The van der Waals surface area contributed by atoms with Crippen LogP contribution in [0.1, 0.15) is 28.6 Å². The fourth-order valence-corrected chi connectivity index (χ4v) is 3.49. The molecule has 0 N–H and O–H groups in total. The van der Waals surface area contributed by atoms with Crippen LogP contribution in [0.15, 0.2) is 28.8 Å². The molecular formula is C21H21N9O. The van der Waals surface area contributed by atoms with Crippen LogP contribution >= 0.6 is 0 Å². The van der Waals surface area contributed by atoms with Gasteiger partial charge in [-0.2, -0.15) is 30.1 Å². The molecular weight excluding hydrogens is 394 g/mol. The van der Waals surface area contributed by atoms with Crippen molar-refractivity contribution in [2.24, 2.45) is 0 Å². The third kappa shape index (κ3) is 3.41. The van der Waals surface area contributed by atoms with Crippen molar-refractivity contribution in [3.05, 3.63) is 64.0 Å². The molecule has 0 amide bonds. The minimum Gasteiger partial charge on any atom is -0.435 e. The highest BCUT2D eigenvalue weighted by atomic mass is 16.3. The Morgan fingerprint density at radius 2 is 1.45 bits per heavy atom. The largest absolute Gasteiger partial charge is 0.435 e. The summed E-state index contributed by atoms with van der Waals surface area (Å²) in [5.74, 6) is 1.93. The summed E-state index contributed by atoms with van der Waals surface area (Å²) in [6.45, 7) is 7.77. The second-order valence-electron chi connectivity index (χ2n) is 7.47. The monoisotopic (exact) mass is 415 g/mol. The number of nitrogens with zero attached hydrogens (tertiary/aromatic N) is 9. The van der Waals surface area contributed by atoms with Gasteiger partial charge in [0.25, 0.3) is 11.9 Å². The Hall–Kier alpha value is -4.08. The van der Waals surface area contributed by atoms with Gasteiger partial charge in [0.1, 0.15) is 0 Å². The Bertz CT molecular complexity index is 1390. The topological polar surface area (TPSA) is 104 Å². The van der Waals surface area contributed by atoms with E-state index in [1.54, 1.807) is 15.4 Å². The van der Waals surface area contributed by atoms with Crippen LogP contribution in [0.5, 0.6) is 0 Å². The zero-order chi connectivity index (χ0) is 21.7. The first-order valence-electron chi connectivity index (χ1n) is 9.81. The fraction of sp³-hybridized carbons (Fsp3) is 0.238. The molecule has 1 aliphatic rings. The normalized spacial score (nSPS) is 13.6. The van der Waals surface area contributed by atoms with Gasteiger partial charge >= 0.3 is 0 Å². The minimum absolute atomic E-state index is 0.398. The SMILES string of the molecule is Cc1cc(C)n(-c2nc(/C=c3/nc4c(o3)=CC=CN4C)nc(-n3nc(C)cc3C)n2)n1. The van der Waals surface area contributed by atoms with Crippen LogP contribution < -0.4 is 15.9 Å². The molecule has 0 bridgehead atoms. The van der Waals surface area contributed by atoms with Crippen molar-refractivity contribution in [2.75, 3.05) is 11.9 Å². The molecule has 10 heteroatoms. The van der Waals surface area contributed by atoms with Gasteiger partial charge < -0.3 is 9.32 Å². The number of rotatable bonds is 3. The molecule has 1 aliphatic heterocycles. The number of allylic oxidation sites excluding steroid dienone is 1. The molecule has 0 atom stereocenters. The molecule has 0 spiro atoms. The van der Waals surface area contributed by atoms with Crippen molar-refractivity contribution in [3.8, 4) is 11.9 Å². The lowest BCUT2D eigenvalue weighted by Crippen LogP contribution is -2.18. The Morgan fingerprint density at radius 3 is 1.97 bits per heavy atom. The number of hydrogen-bond acceptors (Lipinski definition) is 8. The van der Waals surface area contributed by atoms with E-state index in [0.717, 1.165) is 28.6 Å². The van der Waals surface area contributed by atoms with E-state index in [9.17, 15) is 0 Å². The smallest absolute Gasteiger partial charge is 0.256 e. The Kier molecular flexibility index (Phi) is 4.28.